The summed E-state index contributed by atoms with van der Waals surface area (Å²) in [4.78, 5) is 14.5. The number of carbonyl (C=O) groups excluding carboxylic acids is 1. The van der Waals surface area contributed by atoms with Crippen LogP contribution in [0.25, 0.3) is 0 Å². The third-order valence-electron chi connectivity index (χ3n) is 4.97. The van der Waals surface area contributed by atoms with Crippen LogP contribution in [0.15, 0.2) is 87.8 Å². The minimum atomic E-state index is -3.86. The highest BCUT2D eigenvalue weighted by Gasteiger charge is 2.30. The number of carbonyl (C=O) groups is 1. The molecule has 2 aliphatic heterocycles. The second kappa shape index (κ2) is 8.24. The van der Waals surface area contributed by atoms with Crippen molar-refractivity contribution in [2.24, 2.45) is 4.40 Å². The maximum atomic E-state index is 13.0. The maximum Gasteiger partial charge on any atom is 0.264 e. The van der Waals surface area contributed by atoms with Crippen LogP contribution in [-0.4, -0.2) is 52.8 Å². The standard InChI is InChI=1S/C21H20N4O5S2/c1-24(17-8-3-2-4-9-17)32(29,30)18-10-5-7-16(15-18)22-21(26)19-11-6-12-25-13-14-31(27,28)23-20(19)25/h2-12,15H,13-14H2,1H3,(H,22,26). The molecule has 0 saturated heterocycles. The van der Waals surface area contributed by atoms with E-state index in [1.165, 1.54) is 31.3 Å². The number of anilines is 2. The number of nitrogens with zero attached hydrogens (tertiary/aromatic N) is 3. The molecular formula is C21H20N4O5S2. The predicted octanol–water partition coefficient (Wildman–Crippen LogP) is 1.95. The van der Waals surface area contributed by atoms with Gasteiger partial charge in [-0.3, -0.25) is 9.10 Å². The molecule has 0 aromatic heterocycles. The van der Waals surface area contributed by atoms with Crippen LogP contribution in [0.3, 0.4) is 0 Å². The average molecular weight is 473 g/mol. The highest BCUT2D eigenvalue weighted by atomic mass is 32.2. The number of sulfonamides is 2. The molecule has 0 bridgehead atoms. The molecule has 0 atom stereocenters. The lowest BCUT2D eigenvalue weighted by Gasteiger charge is -2.28. The minimum absolute atomic E-state index is 0.00150. The third-order valence-corrected chi connectivity index (χ3v) is 7.90. The molecule has 1 amide bonds. The van der Waals surface area contributed by atoms with Crippen LogP contribution >= 0.6 is 0 Å². The van der Waals surface area contributed by atoms with Crippen molar-refractivity contribution < 1.29 is 21.6 Å². The lowest BCUT2D eigenvalue weighted by Crippen LogP contribution is -2.40. The molecule has 0 fully saturated rings. The van der Waals surface area contributed by atoms with E-state index in [1.807, 2.05) is 0 Å². The molecule has 0 radical (unpaired) electrons. The lowest BCUT2D eigenvalue weighted by molar-refractivity contribution is -0.112. The monoisotopic (exact) mass is 472 g/mol. The Balaban J connectivity index is 1.59. The summed E-state index contributed by atoms with van der Waals surface area (Å²) >= 11 is 0. The minimum Gasteiger partial charge on any atom is -0.331 e. The third kappa shape index (κ3) is 4.30. The summed E-state index contributed by atoms with van der Waals surface area (Å²) in [7, 11) is -6.06. The van der Waals surface area contributed by atoms with Gasteiger partial charge in [0.15, 0.2) is 5.84 Å². The molecule has 2 aromatic rings. The van der Waals surface area contributed by atoms with E-state index < -0.39 is 26.0 Å². The quantitative estimate of drug-likeness (QED) is 0.711. The Morgan fingerprint density at radius 1 is 1.12 bits per heavy atom. The fourth-order valence-corrected chi connectivity index (χ4v) is 5.49. The van der Waals surface area contributed by atoms with E-state index >= 15 is 0 Å². The number of fused-ring (bicyclic) bond motifs is 1. The number of para-hydroxylation sites is 1. The van der Waals surface area contributed by atoms with Crippen molar-refractivity contribution in [1.82, 2.24) is 4.90 Å². The zero-order valence-electron chi connectivity index (χ0n) is 17.0. The molecule has 0 unspecified atom stereocenters. The molecule has 2 aliphatic rings. The molecule has 4 rings (SSSR count). The van der Waals surface area contributed by atoms with Crippen molar-refractivity contribution in [3.63, 3.8) is 0 Å². The van der Waals surface area contributed by atoms with Gasteiger partial charge in [-0.25, -0.2) is 16.8 Å². The van der Waals surface area contributed by atoms with Crippen LogP contribution < -0.4 is 9.62 Å². The molecule has 0 spiro atoms. The average Bonchev–Trinajstić information content (AvgIpc) is 2.78. The SMILES string of the molecule is CN(c1ccccc1)S(=O)(=O)c1cccc(NC(=O)C2=CC=CN3CCS(=O)(=O)N=C23)c1. The van der Waals surface area contributed by atoms with Crippen LogP contribution in [0.5, 0.6) is 0 Å². The molecule has 0 saturated carbocycles. The number of rotatable bonds is 5. The molecule has 2 heterocycles. The molecule has 9 nitrogen and oxygen atoms in total. The first-order valence-electron chi connectivity index (χ1n) is 9.61. The number of amidine groups is 1. The Hall–Kier alpha value is -3.44. The van der Waals surface area contributed by atoms with Crippen molar-refractivity contribution >= 4 is 43.2 Å². The summed E-state index contributed by atoms with van der Waals surface area (Å²) in [5.41, 5.74) is 0.821. The smallest absolute Gasteiger partial charge is 0.264 e. The molecule has 2 aromatic carbocycles. The highest BCUT2D eigenvalue weighted by Crippen LogP contribution is 2.25. The Morgan fingerprint density at radius 2 is 1.88 bits per heavy atom. The van der Waals surface area contributed by atoms with Crippen molar-refractivity contribution in [3.05, 3.63) is 78.5 Å². The van der Waals surface area contributed by atoms with Gasteiger partial charge in [0, 0.05) is 25.5 Å². The first kappa shape index (κ1) is 21.8. The first-order chi connectivity index (χ1) is 15.2. The normalized spacial score (nSPS) is 17.1. The van der Waals surface area contributed by atoms with Gasteiger partial charge in [-0.05, 0) is 42.5 Å². The van der Waals surface area contributed by atoms with Gasteiger partial charge in [-0.15, -0.1) is 4.40 Å². The van der Waals surface area contributed by atoms with Gasteiger partial charge in [-0.1, -0.05) is 24.3 Å². The van der Waals surface area contributed by atoms with Crippen molar-refractivity contribution in [1.29, 1.82) is 0 Å². The van der Waals surface area contributed by atoms with Crippen LogP contribution in [-0.2, 0) is 24.8 Å². The van der Waals surface area contributed by atoms with E-state index in [1.54, 1.807) is 53.6 Å². The Bertz CT molecular complexity index is 1360. The number of hydrogen-bond acceptors (Lipinski definition) is 6. The van der Waals surface area contributed by atoms with Gasteiger partial charge in [0.25, 0.3) is 26.0 Å². The fraction of sp³-hybridized carbons (Fsp3) is 0.143. The van der Waals surface area contributed by atoms with Crippen molar-refractivity contribution in [3.8, 4) is 0 Å². The van der Waals surface area contributed by atoms with Gasteiger partial charge in [-0.2, -0.15) is 0 Å². The molecule has 1 N–H and O–H groups in total. The van der Waals surface area contributed by atoms with E-state index in [4.69, 9.17) is 0 Å². The molecule has 32 heavy (non-hydrogen) atoms. The number of nitrogens with one attached hydrogen (secondary N) is 1. The summed E-state index contributed by atoms with van der Waals surface area (Å²) in [6.45, 7) is 0.196. The van der Waals surface area contributed by atoms with Gasteiger partial charge in [0.05, 0.1) is 21.9 Å². The Kier molecular flexibility index (Phi) is 5.61. The summed E-state index contributed by atoms with van der Waals surface area (Å²) < 4.78 is 54.7. The highest BCUT2D eigenvalue weighted by molar-refractivity contribution is 7.92. The van der Waals surface area contributed by atoms with Gasteiger partial charge in [0.1, 0.15) is 0 Å². The molecule has 0 aliphatic carbocycles. The van der Waals surface area contributed by atoms with Crippen molar-refractivity contribution in [2.45, 2.75) is 4.90 Å². The summed E-state index contributed by atoms with van der Waals surface area (Å²) in [5.74, 6) is -0.685. The zero-order valence-corrected chi connectivity index (χ0v) is 18.7. The number of amides is 1. The number of allylic oxidation sites excluding steroid dienone is 2. The van der Waals surface area contributed by atoms with E-state index in [-0.39, 0.29) is 34.3 Å². The number of hydrogen-bond donors (Lipinski definition) is 1. The maximum absolute atomic E-state index is 13.0. The van der Waals surface area contributed by atoms with E-state index in [0.717, 1.165) is 4.31 Å². The molecule has 166 valence electrons. The second-order valence-electron chi connectivity index (χ2n) is 7.11. The van der Waals surface area contributed by atoms with Crippen LogP contribution in [0.4, 0.5) is 11.4 Å². The Morgan fingerprint density at radius 3 is 2.62 bits per heavy atom. The summed E-state index contributed by atoms with van der Waals surface area (Å²) in [5, 5.41) is 2.64. The van der Waals surface area contributed by atoms with E-state index in [0.29, 0.717) is 5.69 Å². The van der Waals surface area contributed by atoms with Gasteiger partial charge >= 0.3 is 0 Å². The van der Waals surface area contributed by atoms with Gasteiger partial charge < -0.3 is 10.2 Å². The lowest BCUT2D eigenvalue weighted by atomic mass is 10.1. The van der Waals surface area contributed by atoms with Crippen molar-refractivity contribution in [2.75, 3.05) is 29.0 Å². The van der Waals surface area contributed by atoms with E-state index in [2.05, 4.69) is 9.71 Å². The Labute approximate surface area is 186 Å². The summed E-state index contributed by atoms with van der Waals surface area (Å²) in [6.07, 6.45) is 4.74. The first-order valence-corrected chi connectivity index (χ1v) is 12.7. The number of benzene rings is 2. The molecule has 11 heteroatoms. The predicted molar refractivity (Wildman–Crippen MR) is 122 cm³/mol. The van der Waals surface area contributed by atoms with Crippen LogP contribution in [0.1, 0.15) is 0 Å². The van der Waals surface area contributed by atoms with Crippen LogP contribution in [0.2, 0.25) is 0 Å². The summed E-state index contributed by atoms with van der Waals surface area (Å²) in [6, 6.07) is 14.5. The fourth-order valence-electron chi connectivity index (χ4n) is 3.26. The van der Waals surface area contributed by atoms with Crippen LogP contribution in [0, 0.1) is 0 Å². The second-order valence-corrected chi connectivity index (χ2v) is 10.8. The zero-order chi connectivity index (χ0) is 22.9. The van der Waals surface area contributed by atoms with Gasteiger partial charge in [0.2, 0.25) is 0 Å². The van der Waals surface area contributed by atoms with E-state index in [9.17, 15) is 21.6 Å². The largest absolute Gasteiger partial charge is 0.331 e. The topological polar surface area (TPSA) is 116 Å². The molecular weight excluding hydrogens is 452 g/mol.